The molecule has 0 radical (unpaired) electrons. The second-order valence-electron chi connectivity index (χ2n) is 6.72. The van der Waals surface area contributed by atoms with E-state index in [-0.39, 0.29) is 30.9 Å². The zero-order valence-electron chi connectivity index (χ0n) is 17.1. The van der Waals surface area contributed by atoms with E-state index in [0.29, 0.717) is 41.6 Å². The molecule has 0 aliphatic carbocycles. The second kappa shape index (κ2) is 9.78. The van der Waals surface area contributed by atoms with E-state index < -0.39 is 0 Å². The summed E-state index contributed by atoms with van der Waals surface area (Å²) in [6.07, 6.45) is 0.806. The third-order valence-corrected chi connectivity index (χ3v) is 4.44. The third-order valence-electron chi connectivity index (χ3n) is 4.44. The summed E-state index contributed by atoms with van der Waals surface area (Å²) in [7, 11) is 0. The average molecular weight is 411 g/mol. The minimum Gasteiger partial charge on any atom is -0.494 e. The van der Waals surface area contributed by atoms with Crippen LogP contribution >= 0.6 is 0 Å². The molecule has 1 heterocycles. The SMILES string of the molecule is CCCNC(=O)CN1C(=O)COc2ccc(NC(=O)c3cccc(OCC)c3)cc21. The van der Waals surface area contributed by atoms with Crippen LogP contribution in [0.25, 0.3) is 0 Å². The Morgan fingerprint density at radius 3 is 2.77 bits per heavy atom. The van der Waals surface area contributed by atoms with E-state index in [2.05, 4.69) is 10.6 Å². The van der Waals surface area contributed by atoms with Crippen molar-refractivity contribution in [2.45, 2.75) is 20.3 Å². The molecule has 0 atom stereocenters. The molecule has 8 nitrogen and oxygen atoms in total. The van der Waals surface area contributed by atoms with E-state index in [1.165, 1.54) is 4.90 Å². The van der Waals surface area contributed by atoms with Gasteiger partial charge in [0.25, 0.3) is 11.8 Å². The van der Waals surface area contributed by atoms with Crippen molar-refractivity contribution in [3.05, 3.63) is 48.0 Å². The van der Waals surface area contributed by atoms with E-state index in [1.54, 1.807) is 42.5 Å². The molecule has 0 spiro atoms. The lowest BCUT2D eigenvalue weighted by molar-refractivity contribution is -0.125. The summed E-state index contributed by atoms with van der Waals surface area (Å²) in [5, 5.41) is 5.57. The number of hydrogen-bond donors (Lipinski definition) is 2. The highest BCUT2D eigenvalue weighted by Crippen LogP contribution is 2.34. The van der Waals surface area contributed by atoms with Gasteiger partial charge < -0.3 is 20.1 Å². The highest BCUT2D eigenvalue weighted by Gasteiger charge is 2.27. The van der Waals surface area contributed by atoms with Gasteiger partial charge in [0.05, 0.1) is 12.3 Å². The van der Waals surface area contributed by atoms with Gasteiger partial charge >= 0.3 is 0 Å². The van der Waals surface area contributed by atoms with Crippen LogP contribution in [-0.2, 0) is 9.59 Å². The molecule has 2 aromatic rings. The van der Waals surface area contributed by atoms with Crippen molar-refractivity contribution in [3.63, 3.8) is 0 Å². The Morgan fingerprint density at radius 1 is 1.17 bits per heavy atom. The van der Waals surface area contributed by atoms with Gasteiger partial charge in [-0.15, -0.1) is 0 Å². The quantitative estimate of drug-likeness (QED) is 0.696. The lowest BCUT2D eigenvalue weighted by Gasteiger charge is -2.29. The summed E-state index contributed by atoms with van der Waals surface area (Å²) >= 11 is 0. The zero-order valence-corrected chi connectivity index (χ0v) is 17.1. The number of anilines is 2. The molecule has 3 rings (SSSR count). The van der Waals surface area contributed by atoms with Gasteiger partial charge in [-0.2, -0.15) is 0 Å². The maximum Gasteiger partial charge on any atom is 0.265 e. The van der Waals surface area contributed by atoms with Crippen molar-refractivity contribution in [3.8, 4) is 11.5 Å². The highest BCUT2D eigenvalue weighted by atomic mass is 16.5. The smallest absolute Gasteiger partial charge is 0.265 e. The molecule has 1 aliphatic rings. The van der Waals surface area contributed by atoms with Crippen LogP contribution < -0.4 is 25.0 Å². The number of benzene rings is 2. The number of carbonyl (C=O) groups excluding carboxylic acids is 3. The first-order valence-electron chi connectivity index (χ1n) is 9.90. The first-order chi connectivity index (χ1) is 14.5. The molecule has 2 N–H and O–H groups in total. The second-order valence-corrected chi connectivity index (χ2v) is 6.72. The van der Waals surface area contributed by atoms with E-state index in [4.69, 9.17) is 9.47 Å². The number of carbonyl (C=O) groups is 3. The van der Waals surface area contributed by atoms with Crippen LogP contribution in [0.15, 0.2) is 42.5 Å². The molecule has 0 saturated carbocycles. The molecule has 0 unspecified atom stereocenters. The lowest BCUT2D eigenvalue weighted by Crippen LogP contribution is -2.45. The summed E-state index contributed by atoms with van der Waals surface area (Å²) in [5.41, 5.74) is 1.37. The van der Waals surface area contributed by atoms with Gasteiger partial charge in [0.1, 0.15) is 18.0 Å². The molecule has 8 heteroatoms. The zero-order chi connectivity index (χ0) is 21.5. The van der Waals surface area contributed by atoms with Crippen molar-refractivity contribution >= 4 is 29.1 Å². The predicted molar refractivity (Wildman–Crippen MR) is 113 cm³/mol. The van der Waals surface area contributed by atoms with Crippen LogP contribution in [0.5, 0.6) is 11.5 Å². The summed E-state index contributed by atoms with van der Waals surface area (Å²) in [5.74, 6) is 0.210. The number of hydrogen-bond acceptors (Lipinski definition) is 5. The summed E-state index contributed by atoms with van der Waals surface area (Å²) in [6.45, 7) is 4.63. The normalized spacial score (nSPS) is 12.6. The number of nitrogens with zero attached hydrogens (tertiary/aromatic N) is 1. The van der Waals surface area contributed by atoms with Gasteiger partial charge in [-0.05, 0) is 49.7 Å². The van der Waals surface area contributed by atoms with Gasteiger partial charge in [-0.3, -0.25) is 19.3 Å². The van der Waals surface area contributed by atoms with Crippen molar-refractivity contribution in [1.82, 2.24) is 5.32 Å². The molecule has 2 aromatic carbocycles. The maximum absolute atomic E-state index is 12.6. The van der Waals surface area contributed by atoms with Crippen molar-refractivity contribution in [1.29, 1.82) is 0 Å². The summed E-state index contributed by atoms with van der Waals surface area (Å²) < 4.78 is 10.9. The first kappa shape index (κ1) is 21.2. The Kier molecular flexibility index (Phi) is 6.90. The molecule has 3 amide bonds. The molecule has 0 fully saturated rings. The fourth-order valence-corrected chi connectivity index (χ4v) is 3.01. The van der Waals surface area contributed by atoms with Crippen LogP contribution in [0.1, 0.15) is 30.6 Å². The van der Waals surface area contributed by atoms with E-state index in [1.807, 2.05) is 13.8 Å². The molecule has 0 aromatic heterocycles. The first-order valence-corrected chi connectivity index (χ1v) is 9.90. The number of nitrogens with one attached hydrogen (secondary N) is 2. The van der Waals surface area contributed by atoms with Crippen LogP contribution in [0.2, 0.25) is 0 Å². The summed E-state index contributed by atoms with van der Waals surface area (Å²) in [6, 6.07) is 11.9. The average Bonchev–Trinajstić information content (AvgIpc) is 2.75. The summed E-state index contributed by atoms with van der Waals surface area (Å²) in [4.78, 5) is 38.5. The lowest BCUT2D eigenvalue weighted by atomic mass is 10.1. The van der Waals surface area contributed by atoms with Crippen LogP contribution in [-0.4, -0.2) is 44.0 Å². The molecular weight excluding hydrogens is 386 g/mol. The van der Waals surface area contributed by atoms with Gasteiger partial charge in [0.2, 0.25) is 5.91 Å². The van der Waals surface area contributed by atoms with E-state index >= 15 is 0 Å². The number of ether oxygens (including phenoxy) is 2. The van der Waals surface area contributed by atoms with Gasteiger partial charge in [0, 0.05) is 17.8 Å². The van der Waals surface area contributed by atoms with Crippen molar-refractivity contribution < 1.29 is 23.9 Å². The van der Waals surface area contributed by atoms with Gasteiger partial charge in [-0.25, -0.2) is 0 Å². The van der Waals surface area contributed by atoms with Crippen LogP contribution in [0.4, 0.5) is 11.4 Å². The number of rotatable bonds is 8. The number of fused-ring (bicyclic) bond motifs is 1. The Labute approximate surface area is 175 Å². The molecular formula is C22H25N3O5. The van der Waals surface area contributed by atoms with Gasteiger partial charge in [-0.1, -0.05) is 13.0 Å². The molecule has 1 aliphatic heterocycles. The maximum atomic E-state index is 12.6. The Hall–Kier alpha value is -3.55. The molecule has 0 saturated heterocycles. The minimum absolute atomic E-state index is 0.108. The minimum atomic E-state index is -0.318. The van der Waals surface area contributed by atoms with Crippen LogP contribution in [0.3, 0.4) is 0 Å². The highest BCUT2D eigenvalue weighted by molar-refractivity contribution is 6.06. The van der Waals surface area contributed by atoms with E-state index in [9.17, 15) is 14.4 Å². The third kappa shape index (κ3) is 5.08. The number of amides is 3. The fourth-order valence-electron chi connectivity index (χ4n) is 3.01. The predicted octanol–water partition coefficient (Wildman–Crippen LogP) is 2.59. The topological polar surface area (TPSA) is 97.0 Å². The Balaban J connectivity index is 1.78. The van der Waals surface area contributed by atoms with E-state index in [0.717, 1.165) is 6.42 Å². The van der Waals surface area contributed by atoms with Crippen molar-refractivity contribution in [2.24, 2.45) is 0 Å². The molecule has 30 heavy (non-hydrogen) atoms. The fraction of sp³-hybridized carbons (Fsp3) is 0.318. The Morgan fingerprint density at radius 2 is 2.00 bits per heavy atom. The Bertz CT molecular complexity index is 944. The molecule has 158 valence electrons. The monoisotopic (exact) mass is 411 g/mol. The largest absolute Gasteiger partial charge is 0.494 e. The van der Waals surface area contributed by atoms with Crippen molar-refractivity contribution in [2.75, 3.05) is 36.5 Å². The standard InChI is InChI=1S/C22H25N3O5/c1-3-10-23-20(26)13-25-18-12-16(8-9-19(18)30-14-21(25)27)24-22(28)15-6-5-7-17(11-15)29-4-2/h5-9,11-12H,3-4,10,13-14H2,1-2H3,(H,23,26)(H,24,28). The van der Waals surface area contributed by atoms with Gasteiger partial charge in [0.15, 0.2) is 6.61 Å². The van der Waals surface area contributed by atoms with Crippen LogP contribution in [0, 0.1) is 0 Å². The molecule has 0 bridgehead atoms.